The Morgan fingerprint density at radius 3 is 2.04 bits per heavy atom. The first kappa shape index (κ1) is 23.8. The summed E-state index contributed by atoms with van der Waals surface area (Å²) >= 11 is 0. The van der Waals surface area contributed by atoms with Crippen molar-refractivity contribution in [1.82, 2.24) is 0 Å². The summed E-state index contributed by atoms with van der Waals surface area (Å²) in [5.41, 5.74) is 0.196. The molecular formula is C15H28O7Si. The van der Waals surface area contributed by atoms with Crippen LogP contribution in [0.15, 0.2) is 24.8 Å². The van der Waals surface area contributed by atoms with Crippen LogP contribution < -0.4 is 0 Å². The molecule has 1 N–H and O–H groups in total. The number of carboxylic acids is 1. The zero-order valence-electron chi connectivity index (χ0n) is 14.4. The van der Waals surface area contributed by atoms with E-state index in [4.69, 9.17) is 18.4 Å². The molecule has 0 amide bonds. The summed E-state index contributed by atoms with van der Waals surface area (Å²) in [7, 11) is 2.05. The van der Waals surface area contributed by atoms with Crippen LogP contribution in [-0.4, -0.2) is 53.8 Å². The normalized spacial score (nSPS) is 10.3. The van der Waals surface area contributed by atoms with Gasteiger partial charge >= 0.3 is 20.7 Å². The molecule has 0 aromatic heterocycles. The van der Waals surface area contributed by atoms with Crippen molar-refractivity contribution in [2.75, 3.05) is 27.9 Å². The molecule has 134 valence electrons. The highest BCUT2D eigenvalue weighted by Crippen LogP contribution is 2.18. The topological polar surface area (TPSA) is 91.3 Å². The van der Waals surface area contributed by atoms with Crippen LogP contribution >= 0.6 is 0 Å². The maximum atomic E-state index is 10.5. The van der Waals surface area contributed by atoms with Crippen molar-refractivity contribution in [3.63, 3.8) is 0 Å². The van der Waals surface area contributed by atoms with Gasteiger partial charge < -0.3 is 23.1 Å². The van der Waals surface area contributed by atoms with E-state index in [1.807, 2.05) is 6.92 Å². The summed E-state index contributed by atoms with van der Waals surface area (Å²) in [5.74, 6) is -1.30. The molecule has 0 spiro atoms. The van der Waals surface area contributed by atoms with Gasteiger partial charge in [0.15, 0.2) is 0 Å². The molecule has 0 saturated carbocycles. The molecule has 0 rings (SSSR count). The highest BCUT2D eigenvalue weighted by atomic mass is 28.4. The second-order valence-electron chi connectivity index (χ2n) is 4.43. The van der Waals surface area contributed by atoms with E-state index < -0.39 is 14.8 Å². The molecule has 0 saturated heterocycles. The number of carbonyl (C=O) groups excluding carboxylic acids is 1. The van der Waals surface area contributed by atoms with Crippen molar-refractivity contribution in [2.24, 2.45) is 0 Å². The molecule has 0 unspecified atom stereocenters. The fraction of sp³-hybridized carbons (Fsp3) is 0.600. The number of ether oxygens (including phenoxy) is 1. The number of aliphatic carboxylic acids is 1. The summed E-state index contributed by atoms with van der Waals surface area (Å²) in [4.78, 5) is 20.7. The molecule has 7 nitrogen and oxygen atoms in total. The first-order valence-corrected chi connectivity index (χ1v) is 9.11. The number of rotatable bonds is 11. The largest absolute Gasteiger partial charge is 0.500 e. The van der Waals surface area contributed by atoms with Crippen molar-refractivity contribution in [2.45, 2.75) is 32.2 Å². The summed E-state index contributed by atoms with van der Waals surface area (Å²) < 4.78 is 20.2. The highest BCUT2D eigenvalue weighted by molar-refractivity contribution is 6.60. The number of carboxylic acid groups (broad SMARTS) is 1. The lowest BCUT2D eigenvalue weighted by Gasteiger charge is -2.24. The van der Waals surface area contributed by atoms with Crippen molar-refractivity contribution in [1.29, 1.82) is 0 Å². The minimum absolute atomic E-state index is 0.196. The van der Waals surface area contributed by atoms with Gasteiger partial charge in [0.05, 0.1) is 6.61 Å². The molecule has 0 atom stereocenters. The Morgan fingerprint density at radius 1 is 1.17 bits per heavy atom. The van der Waals surface area contributed by atoms with Crippen LogP contribution in [0.2, 0.25) is 6.04 Å². The summed E-state index contributed by atoms with van der Waals surface area (Å²) in [6.45, 7) is 9.12. The van der Waals surface area contributed by atoms with Crippen molar-refractivity contribution >= 4 is 20.7 Å². The Morgan fingerprint density at radius 2 is 1.70 bits per heavy atom. The van der Waals surface area contributed by atoms with Crippen LogP contribution in [0.25, 0.3) is 0 Å². The molecule has 0 heterocycles. The van der Waals surface area contributed by atoms with E-state index in [0.29, 0.717) is 25.5 Å². The minimum Gasteiger partial charge on any atom is -0.478 e. The fourth-order valence-electron chi connectivity index (χ4n) is 1.44. The van der Waals surface area contributed by atoms with Gasteiger partial charge in [0, 0.05) is 39.0 Å². The molecular weight excluding hydrogens is 320 g/mol. The molecule has 0 aliphatic heterocycles. The standard InChI is InChI=1S/C9H18O5Si.C6H10O2/c1-8(9(10)11)6-5-7-15(12-2,13-3)14-4;1-3-5-8-6(7)4-2/h1,5-7H2,2-4H3,(H,10,11);4H,2-3,5H2,1H3. The average Bonchev–Trinajstić information content (AvgIpc) is 2.57. The lowest BCUT2D eigenvalue weighted by Crippen LogP contribution is -2.42. The molecule has 0 aliphatic carbocycles. The Bertz CT molecular complexity index is 370. The van der Waals surface area contributed by atoms with E-state index in [-0.39, 0.29) is 11.5 Å². The number of hydrogen-bond donors (Lipinski definition) is 1. The summed E-state index contributed by atoms with van der Waals surface area (Å²) in [6, 6.07) is 0.586. The van der Waals surface area contributed by atoms with Gasteiger partial charge in [-0.15, -0.1) is 0 Å². The van der Waals surface area contributed by atoms with Crippen LogP contribution in [0, 0.1) is 0 Å². The van der Waals surface area contributed by atoms with E-state index >= 15 is 0 Å². The third-order valence-corrected chi connectivity index (χ3v) is 5.64. The van der Waals surface area contributed by atoms with Crippen LogP contribution in [0.1, 0.15) is 26.2 Å². The molecule has 0 fully saturated rings. The van der Waals surface area contributed by atoms with Crippen LogP contribution in [-0.2, 0) is 27.6 Å². The van der Waals surface area contributed by atoms with Gasteiger partial charge in [-0.05, 0) is 19.3 Å². The van der Waals surface area contributed by atoms with Crippen molar-refractivity contribution < 1.29 is 32.7 Å². The van der Waals surface area contributed by atoms with Crippen molar-refractivity contribution in [3.05, 3.63) is 24.8 Å². The van der Waals surface area contributed by atoms with Gasteiger partial charge in [0.2, 0.25) is 0 Å². The molecule has 23 heavy (non-hydrogen) atoms. The summed E-state index contributed by atoms with van der Waals surface area (Å²) in [5, 5.41) is 8.60. The molecule has 8 heteroatoms. The second kappa shape index (κ2) is 14.1. The number of carbonyl (C=O) groups is 2. The minimum atomic E-state index is -2.55. The van der Waals surface area contributed by atoms with Crippen LogP contribution in [0.4, 0.5) is 0 Å². The SMILES string of the molecule is C=C(CCC[Si](OC)(OC)OC)C(=O)O.C=CC(=O)OCCC. The Balaban J connectivity index is 0. The van der Waals surface area contributed by atoms with E-state index in [0.717, 1.165) is 12.5 Å². The molecule has 0 bridgehead atoms. The van der Waals surface area contributed by atoms with Crippen LogP contribution in [0.3, 0.4) is 0 Å². The van der Waals surface area contributed by atoms with E-state index in [1.165, 1.54) is 21.3 Å². The van der Waals surface area contributed by atoms with Gasteiger partial charge in [-0.3, -0.25) is 0 Å². The van der Waals surface area contributed by atoms with Gasteiger partial charge in [-0.2, -0.15) is 0 Å². The maximum absolute atomic E-state index is 10.5. The first-order valence-electron chi connectivity index (χ1n) is 7.18. The van der Waals surface area contributed by atoms with Crippen molar-refractivity contribution in [3.8, 4) is 0 Å². The Hall–Kier alpha value is -1.48. The second-order valence-corrected chi connectivity index (χ2v) is 7.52. The third kappa shape index (κ3) is 11.7. The summed E-state index contributed by atoms with van der Waals surface area (Å²) in [6.07, 6.45) is 3.07. The third-order valence-electron chi connectivity index (χ3n) is 2.81. The zero-order chi connectivity index (χ0) is 18.3. The average molecular weight is 348 g/mol. The predicted molar refractivity (Wildman–Crippen MR) is 89.0 cm³/mol. The number of esters is 1. The molecule has 0 aromatic carbocycles. The van der Waals surface area contributed by atoms with Gasteiger partial charge in [-0.1, -0.05) is 20.1 Å². The zero-order valence-corrected chi connectivity index (χ0v) is 15.4. The van der Waals surface area contributed by atoms with E-state index in [1.54, 1.807) is 0 Å². The highest BCUT2D eigenvalue weighted by Gasteiger charge is 2.36. The monoisotopic (exact) mass is 348 g/mol. The van der Waals surface area contributed by atoms with E-state index in [9.17, 15) is 9.59 Å². The fourth-order valence-corrected chi connectivity index (χ4v) is 3.17. The lowest BCUT2D eigenvalue weighted by molar-refractivity contribution is -0.137. The first-order chi connectivity index (χ1) is 10.8. The van der Waals surface area contributed by atoms with Gasteiger partial charge in [0.25, 0.3) is 0 Å². The predicted octanol–water partition coefficient (Wildman–Crippen LogP) is 2.41. The molecule has 0 radical (unpaired) electrons. The smallest absolute Gasteiger partial charge is 0.478 e. The molecule has 0 aliphatic rings. The Kier molecular flexibility index (Phi) is 14.6. The van der Waals surface area contributed by atoms with Gasteiger partial charge in [0.1, 0.15) is 0 Å². The maximum Gasteiger partial charge on any atom is 0.500 e. The number of hydrogen-bond acceptors (Lipinski definition) is 6. The van der Waals surface area contributed by atoms with Crippen LogP contribution in [0.5, 0.6) is 0 Å². The van der Waals surface area contributed by atoms with E-state index in [2.05, 4.69) is 17.9 Å². The van der Waals surface area contributed by atoms with Gasteiger partial charge in [-0.25, -0.2) is 9.59 Å². The lowest BCUT2D eigenvalue weighted by atomic mass is 10.2. The Labute approximate surface area is 139 Å². The molecule has 0 aromatic rings. The quantitative estimate of drug-likeness (QED) is 0.348.